The molecule has 0 spiro atoms. The molecule has 3 heterocycles. The van der Waals surface area contributed by atoms with E-state index in [-0.39, 0.29) is 17.9 Å². The largest absolute Gasteiger partial charge is 0.465 e. The third-order valence-electron chi connectivity index (χ3n) is 4.70. The fourth-order valence-corrected chi connectivity index (χ4v) is 4.57. The van der Waals surface area contributed by atoms with Crippen LogP contribution in [-0.4, -0.2) is 46.1 Å². The molecule has 1 aliphatic rings. The summed E-state index contributed by atoms with van der Waals surface area (Å²) in [5, 5.41) is 7.68. The molecule has 2 amide bonds. The molecule has 28 heavy (non-hydrogen) atoms. The van der Waals surface area contributed by atoms with Gasteiger partial charge in [0.15, 0.2) is 0 Å². The van der Waals surface area contributed by atoms with Crippen molar-refractivity contribution in [1.82, 2.24) is 14.7 Å². The first-order valence-electron chi connectivity index (χ1n) is 9.08. The van der Waals surface area contributed by atoms with E-state index in [0.717, 1.165) is 16.1 Å². The maximum absolute atomic E-state index is 12.9. The smallest absolute Gasteiger partial charge is 0.341 e. The predicted octanol–water partition coefficient (Wildman–Crippen LogP) is 2.78. The van der Waals surface area contributed by atoms with Gasteiger partial charge in [0.25, 0.3) is 5.91 Å². The van der Waals surface area contributed by atoms with Crippen molar-refractivity contribution in [3.05, 3.63) is 33.5 Å². The van der Waals surface area contributed by atoms with Crippen LogP contribution in [0, 0.1) is 6.92 Å². The molecule has 0 aliphatic carbocycles. The Morgan fingerprint density at radius 1 is 1.32 bits per heavy atom. The van der Waals surface area contributed by atoms with Crippen LogP contribution in [0.2, 0.25) is 0 Å². The van der Waals surface area contributed by atoms with Gasteiger partial charge in [0.05, 0.1) is 24.9 Å². The number of esters is 1. The van der Waals surface area contributed by atoms with E-state index in [1.807, 2.05) is 20.8 Å². The van der Waals surface area contributed by atoms with Crippen LogP contribution in [0.4, 0.5) is 5.00 Å². The monoisotopic (exact) mass is 404 g/mol. The van der Waals surface area contributed by atoms with Crippen molar-refractivity contribution in [3.63, 3.8) is 0 Å². The number of nitrogens with one attached hydrogen (secondary N) is 1. The molecule has 0 radical (unpaired) electrons. The molecule has 0 saturated carbocycles. The molecule has 150 valence electrons. The number of carbonyl (C=O) groups excluding carboxylic acids is 3. The molecule has 0 fully saturated rings. The summed E-state index contributed by atoms with van der Waals surface area (Å²) in [6, 6.07) is 1.74. The molecule has 9 heteroatoms. The number of thiophene rings is 1. The lowest BCUT2D eigenvalue weighted by Crippen LogP contribution is -2.33. The number of anilines is 1. The summed E-state index contributed by atoms with van der Waals surface area (Å²) < 4.78 is 6.61. The lowest BCUT2D eigenvalue weighted by atomic mass is 10.0. The van der Waals surface area contributed by atoms with Crippen molar-refractivity contribution in [2.45, 2.75) is 46.7 Å². The van der Waals surface area contributed by atoms with Crippen molar-refractivity contribution in [2.75, 3.05) is 19.0 Å². The number of aromatic nitrogens is 2. The average Bonchev–Trinajstić information content (AvgIpc) is 3.20. The van der Waals surface area contributed by atoms with Gasteiger partial charge in [-0.1, -0.05) is 0 Å². The van der Waals surface area contributed by atoms with Gasteiger partial charge in [-0.2, -0.15) is 5.10 Å². The number of hydrogen-bond acceptors (Lipinski definition) is 6. The minimum Gasteiger partial charge on any atom is -0.465 e. The minimum atomic E-state index is -0.488. The molecule has 0 aromatic carbocycles. The fourth-order valence-electron chi connectivity index (χ4n) is 3.33. The summed E-state index contributed by atoms with van der Waals surface area (Å²) in [6.45, 7) is 8.22. The third kappa shape index (κ3) is 3.66. The second-order valence-electron chi connectivity index (χ2n) is 7.05. The van der Waals surface area contributed by atoms with Gasteiger partial charge < -0.3 is 15.0 Å². The van der Waals surface area contributed by atoms with Gasteiger partial charge >= 0.3 is 5.97 Å². The van der Waals surface area contributed by atoms with Crippen LogP contribution in [0.3, 0.4) is 0 Å². The number of aryl methyl sites for hydroxylation is 1. The van der Waals surface area contributed by atoms with Crippen molar-refractivity contribution in [2.24, 2.45) is 0 Å². The summed E-state index contributed by atoms with van der Waals surface area (Å²) >= 11 is 1.31. The highest BCUT2D eigenvalue weighted by Crippen LogP contribution is 2.38. The Morgan fingerprint density at radius 2 is 2.04 bits per heavy atom. The first-order valence-corrected chi connectivity index (χ1v) is 9.90. The Morgan fingerprint density at radius 3 is 2.64 bits per heavy atom. The highest BCUT2D eigenvalue weighted by Gasteiger charge is 2.30. The van der Waals surface area contributed by atoms with Crippen molar-refractivity contribution in [1.29, 1.82) is 0 Å². The molecule has 0 atom stereocenters. The number of nitrogens with zero attached hydrogens (tertiary/aromatic N) is 3. The van der Waals surface area contributed by atoms with E-state index < -0.39 is 5.97 Å². The van der Waals surface area contributed by atoms with Crippen molar-refractivity contribution in [3.8, 4) is 0 Å². The predicted molar refractivity (Wildman–Crippen MR) is 106 cm³/mol. The standard InChI is InChI=1S/C19H24N4O4S/c1-10(2)23-14(8-11(3)21-23)17(25)20-18-16(19(26)27-5)13-6-7-22(12(4)24)9-15(13)28-18/h8,10H,6-7,9H2,1-5H3,(H,20,25). The van der Waals surface area contributed by atoms with E-state index >= 15 is 0 Å². The third-order valence-corrected chi connectivity index (χ3v) is 5.83. The number of ether oxygens (including phenoxy) is 1. The molecule has 0 unspecified atom stereocenters. The van der Waals surface area contributed by atoms with Crippen LogP contribution in [0.25, 0.3) is 0 Å². The van der Waals surface area contributed by atoms with E-state index in [4.69, 9.17) is 4.74 Å². The fraction of sp³-hybridized carbons (Fsp3) is 0.474. The zero-order valence-electron chi connectivity index (χ0n) is 16.7. The average molecular weight is 404 g/mol. The lowest BCUT2D eigenvalue weighted by Gasteiger charge is -2.25. The number of methoxy groups -OCH3 is 1. The summed E-state index contributed by atoms with van der Waals surface area (Å²) in [6.07, 6.45) is 0.550. The maximum Gasteiger partial charge on any atom is 0.341 e. The number of hydrogen-bond donors (Lipinski definition) is 1. The Kier molecular flexibility index (Phi) is 5.55. The first kappa shape index (κ1) is 20.1. The second-order valence-corrected chi connectivity index (χ2v) is 8.16. The van der Waals surface area contributed by atoms with Crippen molar-refractivity contribution < 1.29 is 19.1 Å². The Bertz CT molecular complexity index is 944. The van der Waals surface area contributed by atoms with Crippen LogP contribution in [0.1, 0.15) is 63.8 Å². The number of rotatable bonds is 4. The van der Waals surface area contributed by atoms with E-state index in [1.165, 1.54) is 25.4 Å². The quantitative estimate of drug-likeness (QED) is 0.791. The van der Waals surface area contributed by atoms with Gasteiger partial charge in [-0.15, -0.1) is 11.3 Å². The van der Waals surface area contributed by atoms with Gasteiger partial charge in [0.1, 0.15) is 10.7 Å². The van der Waals surface area contributed by atoms with Crippen LogP contribution < -0.4 is 5.32 Å². The van der Waals surface area contributed by atoms with E-state index in [1.54, 1.807) is 15.6 Å². The number of amides is 2. The normalized spacial score (nSPS) is 13.4. The van der Waals surface area contributed by atoms with Crippen LogP contribution in [0.5, 0.6) is 0 Å². The highest BCUT2D eigenvalue weighted by molar-refractivity contribution is 7.17. The zero-order valence-corrected chi connectivity index (χ0v) is 17.5. The molecule has 2 aromatic rings. The molecular weight excluding hydrogens is 380 g/mol. The van der Waals surface area contributed by atoms with E-state index in [9.17, 15) is 14.4 Å². The van der Waals surface area contributed by atoms with Gasteiger partial charge in [-0.25, -0.2) is 4.79 Å². The van der Waals surface area contributed by atoms with E-state index in [2.05, 4.69) is 10.4 Å². The van der Waals surface area contributed by atoms with Crippen LogP contribution >= 0.6 is 11.3 Å². The highest BCUT2D eigenvalue weighted by atomic mass is 32.1. The van der Waals surface area contributed by atoms with Gasteiger partial charge in [-0.3, -0.25) is 14.3 Å². The minimum absolute atomic E-state index is 0.0134. The molecule has 1 N–H and O–H groups in total. The van der Waals surface area contributed by atoms with Gasteiger partial charge in [0, 0.05) is 24.4 Å². The molecule has 0 bridgehead atoms. The molecule has 2 aromatic heterocycles. The molecule has 8 nitrogen and oxygen atoms in total. The summed E-state index contributed by atoms with van der Waals surface area (Å²) in [5.41, 5.74) is 2.40. The summed E-state index contributed by atoms with van der Waals surface area (Å²) in [5.74, 6) is -0.834. The molecular formula is C19H24N4O4S. The molecule has 0 saturated heterocycles. The SMILES string of the molecule is COC(=O)c1c(NC(=O)c2cc(C)nn2C(C)C)sc2c1CCN(C(C)=O)C2. The van der Waals surface area contributed by atoms with Crippen LogP contribution in [-0.2, 0) is 22.5 Å². The summed E-state index contributed by atoms with van der Waals surface area (Å²) in [7, 11) is 1.32. The van der Waals surface area contributed by atoms with E-state index in [0.29, 0.717) is 35.8 Å². The second kappa shape index (κ2) is 7.75. The maximum atomic E-state index is 12.9. The first-order chi connectivity index (χ1) is 13.2. The topological polar surface area (TPSA) is 93.5 Å². The Labute approximate surface area is 167 Å². The Balaban J connectivity index is 1.97. The molecule has 3 rings (SSSR count). The van der Waals surface area contributed by atoms with Gasteiger partial charge in [-0.05, 0) is 38.8 Å². The van der Waals surface area contributed by atoms with Gasteiger partial charge in [0.2, 0.25) is 5.91 Å². The zero-order chi connectivity index (χ0) is 20.6. The number of fused-ring (bicyclic) bond motifs is 1. The Hall–Kier alpha value is -2.68. The number of carbonyl (C=O) groups is 3. The lowest BCUT2D eigenvalue weighted by molar-refractivity contribution is -0.129. The molecule has 1 aliphatic heterocycles. The van der Waals surface area contributed by atoms with Crippen LogP contribution in [0.15, 0.2) is 6.07 Å². The van der Waals surface area contributed by atoms with Crippen molar-refractivity contribution >= 4 is 34.1 Å². The summed E-state index contributed by atoms with van der Waals surface area (Å²) in [4.78, 5) is 39.7.